The molecule has 2 fully saturated rings. The van der Waals surface area contributed by atoms with Crippen molar-refractivity contribution >= 4 is 40.8 Å². The van der Waals surface area contributed by atoms with Crippen LogP contribution >= 0.6 is 0 Å². The van der Waals surface area contributed by atoms with Crippen molar-refractivity contribution in [1.82, 2.24) is 26.2 Å². The molecule has 4 heterocycles. The highest BCUT2D eigenvalue weighted by atomic mass is 19.1. The van der Waals surface area contributed by atoms with Gasteiger partial charge in [0, 0.05) is 11.9 Å². The molecule has 4 aliphatic rings. The number of fused-ring (bicyclic) bond motifs is 5. The van der Waals surface area contributed by atoms with Gasteiger partial charge in [-0.3, -0.25) is 25.0 Å². The Morgan fingerprint density at radius 2 is 1.79 bits per heavy atom. The maximum Gasteiger partial charge on any atom is 0.322 e. The van der Waals surface area contributed by atoms with Gasteiger partial charge in [0.1, 0.15) is 16.9 Å². The van der Waals surface area contributed by atoms with E-state index >= 15 is 0 Å². The summed E-state index contributed by atoms with van der Waals surface area (Å²) in [5.41, 5.74) is -0.940. The van der Waals surface area contributed by atoms with E-state index in [1.54, 1.807) is 24.3 Å². The Morgan fingerprint density at radius 3 is 2.49 bits per heavy atom. The zero-order chi connectivity index (χ0) is 27.3. The van der Waals surface area contributed by atoms with E-state index in [2.05, 4.69) is 21.3 Å². The number of amides is 7. The second kappa shape index (κ2) is 7.56. The summed E-state index contributed by atoms with van der Waals surface area (Å²) >= 11 is 0. The van der Waals surface area contributed by atoms with Crippen molar-refractivity contribution in [3.63, 3.8) is 0 Å². The molecule has 2 aromatic carbocycles. The Balaban J connectivity index is 1.30. The lowest BCUT2D eigenvalue weighted by atomic mass is 9.91. The van der Waals surface area contributed by atoms with Crippen LogP contribution in [0.1, 0.15) is 39.2 Å². The minimum atomic E-state index is -1.80. The third-order valence-corrected chi connectivity index (χ3v) is 8.03. The van der Waals surface area contributed by atoms with Gasteiger partial charge in [0.15, 0.2) is 17.1 Å². The summed E-state index contributed by atoms with van der Waals surface area (Å²) in [6.07, 6.45) is 0.795. The molecule has 198 valence electrons. The number of hydrogen-bond acceptors (Lipinski definition) is 7. The first kappa shape index (κ1) is 23.2. The first-order valence-corrected chi connectivity index (χ1v) is 12.1. The molecule has 0 saturated carbocycles. The highest BCUT2D eigenvalue weighted by molar-refractivity contribution is 6.10. The van der Waals surface area contributed by atoms with Crippen molar-refractivity contribution in [2.24, 2.45) is 0 Å². The Morgan fingerprint density at radius 1 is 1.03 bits per heavy atom. The molecule has 1 aliphatic carbocycles. The maximum absolute atomic E-state index is 14.9. The molecule has 12 nitrogen and oxygen atoms in total. The van der Waals surface area contributed by atoms with Crippen molar-refractivity contribution in [3.8, 4) is 5.75 Å². The summed E-state index contributed by atoms with van der Waals surface area (Å²) in [6, 6.07) is 6.58. The van der Waals surface area contributed by atoms with Crippen molar-refractivity contribution in [3.05, 3.63) is 64.2 Å². The number of hydrogen-bond donors (Lipinski definition) is 4. The van der Waals surface area contributed by atoms with E-state index in [0.717, 1.165) is 5.56 Å². The van der Waals surface area contributed by atoms with Crippen molar-refractivity contribution in [2.45, 2.75) is 30.5 Å². The highest BCUT2D eigenvalue weighted by Gasteiger charge is 2.55. The average molecular weight is 533 g/mol. The number of imide groups is 2. The van der Waals surface area contributed by atoms with Gasteiger partial charge < -0.3 is 24.7 Å². The summed E-state index contributed by atoms with van der Waals surface area (Å²) in [4.78, 5) is 64.6. The second-order valence-electron chi connectivity index (χ2n) is 10.0. The smallest absolute Gasteiger partial charge is 0.322 e. The number of rotatable bonds is 4. The quantitative estimate of drug-likeness (QED) is 0.368. The third kappa shape index (κ3) is 2.95. The Bertz CT molecular complexity index is 1700. The van der Waals surface area contributed by atoms with Crippen LogP contribution in [0.2, 0.25) is 0 Å². The van der Waals surface area contributed by atoms with Crippen LogP contribution in [0.3, 0.4) is 0 Å². The molecule has 2 saturated heterocycles. The molecule has 2 atom stereocenters. The van der Waals surface area contributed by atoms with E-state index in [4.69, 9.17) is 9.15 Å². The van der Waals surface area contributed by atoms with Gasteiger partial charge in [-0.25, -0.2) is 14.0 Å². The minimum Gasteiger partial charge on any atom is -0.494 e. The summed E-state index contributed by atoms with van der Waals surface area (Å²) in [5, 5.41) is 10.4. The normalized spacial score (nSPS) is 25.2. The lowest BCUT2D eigenvalue weighted by Crippen LogP contribution is -2.52. The van der Waals surface area contributed by atoms with Crippen LogP contribution in [0.15, 0.2) is 34.7 Å². The van der Waals surface area contributed by atoms with Crippen molar-refractivity contribution in [2.75, 3.05) is 13.7 Å². The standard InChI is InChI=1S/C26H20FN5O7/c1-38-16-4-2-11-9-32(20(33)18(11)19(16)27)10-26(22(35)29-24(37)31-26)17-8-13-12-6-7-25(21(34)28-23(36)30-25)14(12)3-5-15(13)39-17/h2-5,8H,6-7,9-10H2,1H3,(H2,28,30,34,36)(H2,29,31,35,37)/t25?,26-/m0/s1. The molecule has 13 heteroatoms. The molecule has 3 aliphatic heterocycles. The number of carbonyl (C=O) groups is 5. The number of benzene rings is 2. The number of furan rings is 1. The molecule has 1 spiro atoms. The number of carbonyl (C=O) groups excluding carboxylic acids is 5. The lowest BCUT2D eigenvalue weighted by Gasteiger charge is -2.29. The van der Waals surface area contributed by atoms with Crippen molar-refractivity contribution < 1.29 is 37.5 Å². The average Bonchev–Trinajstić information content (AvgIpc) is 3.67. The van der Waals surface area contributed by atoms with E-state index in [-0.39, 0.29) is 30.2 Å². The van der Waals surface area contributed by atoms with Crippen LogP contribution in [0.4, 0.5) is 14.0 Å². The van der Waals surface area contributed by atoms with Crippen LogP contribution < -0.4 is 26.0 Å². The largest absolute Gasteiger partial charge is 0.494 e. The van der Waals surface area contributed by atoms with E-state index in [1.807, 2.05) is 0 Å². The van der Waals surface area contributed by atoms with Crippen molar-refractivity contribution in [1.29, 1.82) is 0 Å². The van der Waals surface area contributed by atoms with Gasteiger partial charge in [0.05, 0.1) is 19.2 Å². The SMILES string of the molecule is COc1ccc2c(c1F)C(=O)N(C[C@@]1(c3cc4c5c(ccc4o3)C3(CC5)NC(=O)NC3=O)NC(=O)NC1=O)C2. The maximum atomic E-state index is 14.9. The molecule has 7 rings (SSSR count). The number of nitrogens with one attached hydrogen (secondary N) is 4. The molecule has 7 amide bonds. The van der Waals surface area contributed by atoms with Gasteiger partial charge in [-0.1, -0.05) is 12.1 Å². The molecule has 0 bridgehead atoms. The van der Waals surface area contributed by atoms with Gasteiger partial charge in [-0.05, 0) is 47.7 Å². The first-order valence-electron chi connectivity index (χ1n) is 12.1. The van der Waals surface area contributed by atoms with Crippen LogP contribution in [0, 0.1) is 5.82 Å². The van der Waals surface area contributed by atoms with Gasteiger partial charge in [-0.2, -0.15) is 0 Å². The number of aryl methyl sites for hydroxylation is 1. The molecular formula is C26H20FN5O7. The summed E-state index contributed by atoms with van der Waals surface area (Å²) in [6.45, 7) is -0.322. The van der Waals surface area contributed by atoms with Gasteiger partial charge in [0.25, 0.3) is 17.7 Å². The fourth-order valence-electron chi connectivity index (χ4n) is 6.17. The molecule has 39 heavy (non-hydrogen) atoms. The number of ether oxygens (including phenoxy) is 1. The zero-order valence-electron chi connectivity index (χ0n) is 20.4. The van der Waals surface area contributed by atoms with E-state index in [9.17, 15) is 28.4 Å². The Labute approximate surface area is 218 Å². The van der Waals surface area contributed by atoms with Crippen LogP contribution in [0.25, 0.3) is 11.0 Å². The number of urea groups is 2. The van der Waals surface area contributed by atoms with Crippen LogP contribution in [-0.2, 0) is 33.6 Å². The molecule has 1 unspecified atom stereocenters. The molecular weight excluding hydrogens is 513 g/mol. The molecule has 3 aromatic rings. The minimum absolute atomic E-state index is 0.00688. The number of nitrogens with zero attached hydrogens (tertiary/aromatic N) is 1. The first-order chi connectivity index (χ1) is 18.7. The van der Waals surface area contributed by atoms with Crippen LogP contribution in [-0.4, -0.2) is 48.3 Å². The van der Waals surface area contributed by atoms with Gasteiger partial charge in [0.2, 0.25) is 0 Å². The number of halogens is 1. The van der Waals surface area contributed by atoms with E-state index in [1.165, 1.54) is 18.1 Å². The molecule has 1 aromatic heterocycles. The lowest BCUT2D eigenvalue weighted by molar-refractivity contribution is -0.125. The Hall–Kier alpha value is -4.94. The highest BCUT2D eigenvalue weighted by Crippen LogP contribution is 2.44. The second-order valence-corrected chi connectivity index (χ2v) is 10.0. The van der Waals surface area contributed by atoms with E-state index < -0.39 is 46.7 Å². The van der Waals surface area contributed by atoms with Gasteiger partial charge >= 0.3 is 12.1 Å². The monoisotopic (exact) mass is 533 g/mol. The fourth-order valence-corrected chi connectivity index (χ4v) is 6.17. The molecule has 0 radical (unpaired) electrons. The summed E-state index contributed by atoms with van der Waals surface area (Å²) < 4.78 is 26.0. The third-order valence-electron chi connectivity index (χ3n) is 8.03. The fraction of sp³-hybridized carbons (Fsp3) is 0.269. The van der Waals surface area contributed by atoms with Gasteiger partial charge in [-0.15, -0.1) is 0 Å². The summed E-state index contributed by atoms with van der Waals surface area (Å²) in [5.74, 6) is -2.64. The predicted octanol–water partition coefficient (Wildman–Crippen LogP) is 1.25. The zero-order valence-corrected chi connectivity index (χ0v) is 20.4. The Kier molecular flexibility index (Phi) is 4.49. The summed E-state index contributed by atoms with van der Waals surface area (Å²) in [7, 11) is 1.29. The van der Waals surface area contributed by atoms with Crippen LogP contribution in [0.5, 0.6) is 5.75 Å². The van der Waals surface area contributed by atoms with E-state index in [0.29, 0.717) is 34.9 Å². The number of methoxy groups -OCH3 is 1. The topological polar surface area (TPSA) is 159 Å². The molecule has 4 N–H and O–H groups in total. The predicted molar refractivity (Wildman–Crippen MR) is 129 cm³/mol.